The molecule has 1 atom stereocenters. The van der Waals surface area contributed by atoms with E-state index < -0.39 is 0 Å². The van der Waals surface area contributed by atoms with Crippen molar-refractivity contribution in [2.75, 3.05) is 31.2 Å². The number of para-hydroxylation sites is 1. The van der Waals surface area contributed by atoms with Gasteiger partial charge in [-0.1, -0.05) is 18.2 Å². The predicted molar refractivity (Wildman–Crippen MR) is 82.1 cm³/mol. The van der Waals surface area contributed by atoms with Crippen LogP contribution < -0.4 is 10.6 Å². The Morgan fingerprint density at radius 2 is 2.05 bits per heavy atom. The third-order valence-corrected chi connectivity index (χ3v) is 3.63. The zero-order valence-corrected chi connectivity index (χ0v) is 11.9. The Morgan fingerprint density at radius 3 is 2.80 bits per heavy atom. The van der Waals surface area contributed by atoms with Gasteiger partial charge in [-0.3, -0.25) is 0 Å². The standard InChI is InChI=1S/C16H21N3O/c1-12(17)10-14-11-13-4-2-3-5-15(13)18-16(14)19-6-8-20-9-7-19/h2-5,11-12H,6-10,17H2,1H3. The highest BCUT2D eigenvalue weighted by Crippen LogP contribution is 2.25. The highest BCUT2D eigenvalue weighted by Gasteiger charge is 2.17. The maximum Gasteiger partial charge on any atom is 0.132 e. The average molecular weight is 271 g/mol. The molecule has 1 aliphatic rings. The summed E-state index contributed by atoms with van der Waals surface area (Å²) in [5.74, 6) is 1.07. The van der Waals surface area contributed by atoms with Crippen LogP contribution in [0.1, 0.15) is 12.5 Å². The SMILES string of the molecule is CC(N)Cc1cc2ccccc2nc1N1CCOCC1. The molecular formula is C16H21N3O. The van der Waals surface area contributed by atoms with E-state index in [2.05, 4.69) is 23.1 Å². The molecule has 2 heterocycles. The molecule has 106 valence electrons. The summed E-state index contributed by atoms with van der Waals surface area (Å²) < 4.78 is 5.44. The number of fused-ring (bicyclic) bond motifs is 1. The first-order valence-corrected chi connectivity index (χ1v) is 7.21. The smallest absolute Gasteiger partial charge is 0.132 e. The lowest BCUT2D eigenvalue weighted by Crippen LogP contribution is -2.37. The molecule has 3 rings (SSSR count). The Kier molecular flexibility index (Phi) is 3.85. The molecule has 0 spiro atoms. The van der Waals surface area contributed by atoms with Gasteiger partial charge in [-0.05, 0) is 31.0 Å². The summed E-state index contributed by atoms with van der Waals surface area (Å²) in [6.45, 7) is 5.38. The molecule has 0 saturated carbocycles. The van der Waals surface area contributed by atoms with Crippen molar-refractivity contribution < 1.29 is 4.74 Å². The zero-order chi connectivity index (χ0) is 13.9. The van der Waals surface area contributed by atoms with Gasteiger partial charge in [0.05, 0.1) is 18.7 Å². The molecule has 1 unspecified atom stereocenters. The monoisotopic (exact) mass is 271 g/mol. The van der Waals surface area contributed by atoms with Gasteiger partial charge < -0.3 is 15.4 Å². The van der Waals surface area contributed by atoms with E-state index >= 15 is 0 Å². The van der Waals surface area contributed by atoms with E-state index in [9.17, 15) is 0 Å². The number of nitrogens with two attached hydrogens (primary N) is 1. The second-order valence-corrected chi connectivity index (χ2v) is 5.44. The van der Waals surface area contributed by atoms with Gasteiger partial charge in [-0.25, -0.2) is 4.98 Å². The van der Waals surface area contributed by atoms with Gasteiger partial charge in [0, 0.05) is 24.5 Å². The van der Waals surface area contributed by atoms with Crippen LogP contribution in [-0.2, 0) is 11.2 Å². The third kappa shape index (κ3) is 2.76. The summed E-state index contributed by atoms with van der Waals surface area (Å²) in [5, 5.41) is 1.18. The number of benzene rings is 1. The molecule has 1 aromatic heterocycles. The highest BCUT2D eigenvalue weighted by molar-refractivity contribution is 5.81. The Bertz CT molecular complexity index is 591. The topological polar surface area (TPSA) is 51.4 Å². The molecule has 0 amide bonds. The molecule has 2 N–H and O–H groups in total. The number of pyridine rings is 1. The van der Waals surface area contributed by atoms with E-state index in [1.165, 1.54) is 10.9 Å². The number of anilines is 1. The molecule has 0 bridgehead atoms. The maximum atomic E-state index is 6.00. The number of nitrogens with zero attached hydrogens (tertiary/aromatic N) is 2. The fourth-order valence-electron chi connectivity index (χ4n) is 2.70. The van der Waals surface area contributed by atoms with Crippen LogP contribution in [0.5, 0.6) is 0 Å². The highest BCUT2D eigenvalue weighted by atomic mass is 16.5. The number of rotatable bonds is 3. The van der Waals surface area contributed by atoms with E-state index in [1.54, 1.807) is 0 Å². The number of morpholine rings is 1. The van der Waals surface area contributed by atoms with Crippen molar-refractivity contribution in [2.24, 2.45) is 5.73 Å². The molecule has 4 nitrogen and oxygen atoms in total. The fraction of sp³-hybridized carbons (Fsp3) is 0.438. The summed E-state index contributed by atoms with van der Waals surface area (Å²) in [6, 6.07) is 10.6. The predicted octanol–water partition coefficient (Wildman–Crippen LogP) is 1.96. The Hall–Kier alpha value is -1.65. The van der Waals surface area contributed by atoms with Gasteiger partial charge in [0.15, 0.2) is 0 Å². The van der Waals surface area contributed by atoms with Gasteiger partial charge in [-0.15, -0.1) is 0 Å². The summed E-state index contributed by atoms with van der Waals surface area (Å²) >= 11 is 0. The van der Waals surface area contributed by atoms with Crippen molar-refractivity contribution in [1.29, 1.82) is 0 Å². The zero-order valence-electron chi connectivity index (χ0n) is 11.9. The van der Waals surface area contributed by atoms with Crippen molar-refractivity contribution in [3.8, 4) is 0 Å². The first-order chi connectivity index (χ1) is 9.74. The molecule has 0 aliphatic carbocycles. The van der Waals surface area contributed by atoms with Crippen LogP contribution >= 0.6 is 0 Å². The summed E-state index contributed by atoms with van der Waals surface area (Å²) in [5.41, 5.74) is 8.28. The van der Waals surface area contributed by atoms with E-state index in [0.29, 0.717) is 0 Å². The molecule has 1 aromatic carbocycles. The number of ether oxygens (including phenoxy) is 1. The van der Waals surface area contributed by atoms with Gasteiger partial charge in [0.2, 0.25) is 0 Å². The van der Waals surface area contributed by atoms with Crippen LogP contribution in [0.25, 0.3) is 10.9 Å². The number of hydrogen-bond acceptors (Lipinski definition) is 4. The first kappa shape index (κ1) is 13.3. The minimum Gasteiger partial charge on any atom is -0.378 e. The van der Waals surface area contributed by atoms with Gasteiger partial charge >= 0.3 is 0 Å². The molecule has 2 aromatic rings. The van der Waals surface area contributed by atoms with Crippen LogP contribution in [0.3, 0.4) is 0 Å². The van der Waals surface area contributed by atoms with Crippen LogP contribution in [0.2, 0.25) is 0 Å². The molecule has 1 saturated heterocycles. The second kappa shape index (κ2) is 5.77. The van der Waals surface area contributed by atoms with Gasteiger partial charge in [-0.2, -0.15) is 0 Å². The molecule has 0 radical (unpaired) electrons. The lowest BCUT2D eigenvalue weighted by atomic mass is 10.0. The normalized spacial score (nSPS) is 17.4. The lowest BCUT2D eigenvalue weighted by molar-refractivity contribution is 0.122. The summed E-state index contributed by atoms with van der Waals surface area (Å²) in [6.07, 6.45) is 0.852. The minimum atomic E-state index is 0.137. The van der Waals surface area contributed by atoms with Crippen LogP contribution in [-0.4, -0.2) is 37.3 Å². The van der Waals surface area contributed by atoms with E-state index in [4.69, 9.17) is 15.5 Å². The Balaban J connectivity index is 2.05. The van der Waals surface area contributed by atoms with Crippen LogP contribution in [0.4, 0.5) is 5.82 Å². The van der Waals surface area contributed by atoms with E-state index in [-0.39, 0.29) is 6.04 Å². The minimum absolute atomic E-state index is 0.137. The van der Waals surface area contributed by atoms with Crippen molar-refractivity contribution in [2.45, 2.75) is 19.4 Å². The fourth-order valence-corrected chi connectivity index (χ4v) is 2.70. The van der Waals surface area contributed by atoms with Crippen molar-refractivity contribution >= 4 is 16.7 Å². The number of aromatic nitrogens is 1. The third-order valence-electron chi connectivity index (χ3n) is 3.63. The molecule has 20 heavy (non-hydrogen) atoms. The van der Waals surface area contributed by atoms with Gasteiger partial charge in [0.25, 0.3) is 0 Å². The van der Waals surface area contributed by atoms with E-state index in [1.807, 2.05) is 19.1 Å². The molecule has 4 heteroatoms. The summed E-state index contributed by atoms with van der Waals surface area (Å²) in [7, 11) is 0. The maximum absolute atomic E-state index is 6.00. The lowest BCUT2D eigenvalue weighted by Gasteiger charge is -2.30. The van der Waals surface area contributed by atoms with Crippen LogP contribution in [0, 0.1) is 0 Å². The number of hydrogen-bond donors (Lipinski definition) is 1. The Morgan fingerprint density at radius 1 is 1.30 bits per heavy atom. The Labute approximate surface area is 119 Å². The van der Waals surface area contributed by atoms with Crippen molar-refractivity contribution in [3.05, 3.63) is 35.9 Å². The van der Waals surface area contributed by atoms with Crippen molar-refractivity contribution in [3.63, 3.8) is 0 Å². The largest absolute Gasteiger partial charge is 0.378 e. The van der Waals surface area contributed by atoms with E-state index in [0.717, 1.165) is 44.1 Å². The van der Waals surface area contributed by atoms with Crippen molar-refractivity contribution in [1.82, 2.24) is 4.98 Å². The van der Waals surface area contributed by atoms with Crippen LogP contribution in [0.15, 0.2) is 30.3 Å². The quantitative estimate of drug-likeness (QED) is 0.927. The summed E-state index contributed by atoms with van der Waals surface area (Å²) in [4.78, 5) is 7.18. The molecular weight excluding hydrogens is 250 g/mol. The molecule has 1 fully saturated rings. The second-order valence-electron chi connectivity index (χ2n) is 5.44. The first-order valence-electron chi connectivity index (χ1n) is 7.21. The average Bonchev–Trinajstić information content (AvgIpc) is 2.47. The van der Waals surface area contributed by atoms with Gasteiger partial charge in [0.1, 0.15) is 5.82 Å². The molecule has 1 aliphatic heterocycles.